The van der Waals surface area contributed by atoms with Gasteiger partial charge in [-0.05, 0) is 0 Å². The summed E-state index contributed by atoms with van der Waals surface area (Å²) in [5.41, 5.74) is 0. The van der Waals surface area contributed by atoms with E-state index < -0.39 is 19.0 Å². The Labute approximate surface area is 51.8 Å². The maximum atomic E-state index is 11.4. The van der Waals surface area contributed by atoms with Crippen LogP contribution in [0.25, 0.3) is 0 Å². The van der Waals surface area contributed by atoms with Gasteiger partial charge >= 0.3 is 0 Å². The van der Waals surface area contributed by atoms with Crippen molar-refractivity contribution < 1.29 is 18.3 Å². The number of halogens is 2. The second kappa shape index (κ2) is 4.38. The first kappa shape index (κ1) is 8.49. The van der Waals surface area contributed by atoms with Crippen LogP contribution < -0.4 is 0 Å². The minimum Gasteiger partial charge on any atom is -0.373 e. The zero-order valence-corrected chi connectivity index (χ0v) is 4.93. The van der Waals surface area contributed by atoms with Gasteiger partial charge < -0.3 is 4.74 Å². The highest BCUT2D eigenvalue weighted by atomic mass is 19.3. The van der Waals surface area contributed by atoms with Gasteiger partial charge in [0.25, 0.3) is 0 Å². The Morgan fingerprint density at radius 2 is 2.22 bits per heavy atom. The second-order valence-electron chi connectivity index (χ2n) is 1.47. The summed E-state index contributed by atoms with van der Waals surface area (Å²) in [4.78, 5) is 9.69. The highest BCUT2D eigenvalue weighted by Crippen LogP contribution is 2.03. The minimum atomic E-state index is -2.50. The highest BCUT2D eigenvalue weighted by Gasteiger charge is 2.13. The molecule has 0 aromatic carbocycles. The van der Waals surface area contributed by atoms with Crippen LogP contribution in [0, 0.1) is 0 Å². The van der Waals surface area contributed by atoms with E-state index in [4.69, 9.17) is 0 Å². The summed E-state index contributed by atoms with van der Waals surface area (Å²) < 4.78 is 27.1. The van der Waals surface area contributed by atoms with Crippen molar-refractivity contribution in [3.63, 3.8) is 0 Å². The molecular weight excluding hydrogens is 130 g/mol. The summed E-state index contributed by atoms with van der Waals surface area (Å²) in [7, 11) is 1.19. The lowest BCUT2D eigenvalue weighted by atomic mass is 10.3. The molecule has 0 saturated heterocycles. The Hall–Kier alpha value is -0.510. The molecule has 0 aromatic rings. The number of rotatable bonds is 4. The van der Waals surface area contributed by atoms with E-state index in [2.05, 4.69) is 4.74 Å². The van der Waals surface area contributed by atoms with Crippen molar-refractivity contribution in [1.29, 1.82) is 0 Å². The van der Waals surface area contributed by atoms with Crippen molar-refractivity contribution in [2.24, 2.45) is 0 Å². The highest BCUT2D eigenvalue weighted by molar-refractivity contribution is 5.56. The quantitative estimate of drug-likeness (QED) is 0.572. The fourth-order valence-corrected chi connectivity index (χ4v) is 0.354. The van der Waals surface area contributed by atoms with Crippen molar-refractivity contribution in [3.8, 4) is 0 Å². The molecule has 4 heteroatoms. The molecule has 0 fully saturated rings. The van der Waals surface area contributed by atoms with Crippen molar-refractivity contribution in [2.75, 3.05) is 7.11 Å². The summed E-state index contributed by atoms with van der Waals surface area (Å²) in [6, 6.07) is 0. The lowest BCUT2D eigenvalue weighted by Crippen LogP contribution is -2.15. The predicted octanol–water partition coefficient (Wildman–Crippen LogP) is 0.766. The molecule has 0 saturated carbocycles. The maximum absolute atomic E-state index is 11.4. The van der Waals surface area contributed by atoms with Gasteiger partial charge in [0.05, 0.1) is 0 Å². The molecule has 0 spiro atoms. The molecule has 0 aliphatic heterocycles. The SMILES string of the molecule is COC([C]=O)CC(F)F. The van der Waals surface area contributed by atoms with Gasteiger partial charge in [0, 0.05) is 13.5 Å². The van der Waals surface area contributed by atoms with E-state index in [-0.39, 0.29) is 0 Å². The summed E-state index contributed by atoms with van der Waals surface area (Å²) >= 11 is 0. The van der Waals surface area contributed by atoms with Gasteiger partial charge in [-0.3, -0.25) is 4.79 Å². The molecule has 9 heavy (non-hydrogen) atoms. The van der Waals surface area contributed by atoms with E-state index in [0.717, 1.165) is 0 Å². The molecule has 0 N–H and O–H groups in total. The smallest absolute Gasteiger partial charge is 0.241 e. The number of alkyl halides is 2. The average molecular weight is 137 g/mol. The summed E-state index contributed by atoms with van der Waals surface area (Å²) in [6.07, 6.45) is -2.82. The molecule has 0 rings (SSSR count). The first-order valence-electron chi connectivity index (χ1n) is 2.39. The molecule has 0 amide bonds. The maximum Gasteiger partial charge on any atom is 0.241 e. The van der Waals surface area contributed by atoms with Gasteiger partial charge in [-0.2, -0.15) is 0 Å². The molecular formula is C5H7F2O2. The predicted molar refractivity (Wildman–Crippen MR) is 27.1 cm³/mol. The van der Waals surface area contributed by atoms with Crippen LogP contribution >= 0.6 is 0 Å². The van der Waals surface area contributed by atoms with Gasteiger partial charge in [0.15, 0.2) is 0 Å². The van der Waals surface area contributed by atoms with E-state index in [0.29, 0.717) is 0 Å². The summed E-state index contributed by atoms with van der Waals surface area (Å²) in [5, 5.41) is 0. The van der Waals surface area contributed by atoms with E-state index >= 15 is 0 Å². The summed E-state index contributed by atoms with van der Waals surface area (Å²) in [6.45, 7) is 0. The number of ether oxygens (including phenoxy) is 1. The Balaban J connectivity index is 3.42. The molecule has 53 valence electrons. The first-order chi connectivity index (χ1) is 4.20. The molecule has 2 nitrogen and oxygen atoms in total. The fourth-order valence-electron chi connectivity index (χ4n) is 0.354. The monoisotopic (exact) mass is 137 g/mol. The number of carbonyl (C=O) groups excluding carboxylic acids is 1. The third-order valence-corrected chi connectivity index (χ3v) is 0.808. The molecule has 1 unspecified atom stereocenters. The minimum absolute atomic E-state index is 0.569. The Morgan fingerprint density at radius 3 is 2.33 bits per heavy atom. The summed E-state index contributed by atoms with van der Waals surface area (Å²) in [5.74, 6) is 0. The van der Waals surface area contributed by atoms with Crippen LogP contribution in [0.3, 0.4) is 0 Å². The van der Waals surface area contributed by atoms with E-state index in [1.54, 1.807) is 0 Å². The Bertz CT molecular complexity index is 85.0. The van der Waals surface area contributed by atoms with Crippen LogP contribution in [-0.2, 0) is 9.53 Å². The number of methoxy groups -OCH3 is 1. The normalized spacial score (nSPS) is 13.8. The van der Waals surface area contributed by atoms with Gasteiger partial charge in [0.1, 0.15) is 6.10 Å². The van der Waals surface area contributed by atoms with Crippen molar-refractivity contribution in [2.45, 2.75) is 19.0 Å². The van der Waals surface area contributed by atoms with Gasteiger partial charge in [-0.25, -0.2) is 8.78 Å². The first-order valence-corrected chi connectivity index (χ1v) is 2.39. The average Bonchev–Trinajstić information content (AvgIpc) is 1.82. The zero-order valence-electron chi connectivity index (χ0n) is 4.93. The topological polar surface area (TPSA) is 26.3 Å². The molecule has 0 bridgehead atoms. The second-order valence-corrected chi connectivity index (χ2v) is 1.47. The third kappa shape index (κ3) is 4.02. The van der Waals surface area contributed by atoms with Crippen LogP contribution in [0.1, 0.15) is 6.42 Å². The van der Waals surface area contributed by atoms with Gasteiger partial charge in [-0.1, -0.05) is 0 Å². The van der Waals surface area contributed by atoms with E-state index in [1.165, 1.54) is 13.4 Å². The van der Waals surface area contributed by atoms with E-state index in [1.807, 2.05) is 0 Å². The largest absolute Gasteiger partial charge is 0.373 e. The van der Waals surface area contributed by atoms with Crippen LogP contribution in [0.4, 0.5) is 8.78 Å². The molecule has 0 aromatic heterocycles. The molecule has 0 aliphatic rings. The lowest BCUT2D eigenvalue weighted by Gasteiger charge is -2.03. The van der Waals surface area contributed by atoms with Crippen molar-refractivity contribution in [3.05, 3.63) is 0 Å². The number of hydrogen-bond acceptors (Lipinski definition) is 2. The molecule has 1 atom stereocenters. The van der Waals surface area contributed by atoms with Crippen LogP contribution in [0.2, 0.25) is 0 Å². The standard InChI is InChI=1S/C5H7F2O2/c1-9-4(3-8)2-5(6)7/h4-5H,2H2,1H3. The third-order valence-electron chi connectivity index (χ3n) is 0.808. The fraction of sp³-hybridized carbons (Fsp3) is 0.800. The van der Waals surface area contributed by atoms with Crippen LogP contribution in [0.5, 0.6) is 0 Å². The van der Waals surface area contributed by atoms with Crippen molar-refractivity contribution in [1.82, 2.24) is 0 Å². The van der Waals surface area contributed by atoms with Gasteiger partial charge in [-0.15, -0.1) is 0 Å². The van der Waals surface area contributed by atoms with Crippen LogP contribution in [0.15, 0.2) is 0 Å². The molecule has 1 radical (unpaired) electrons. The van der Waals surface area contributed by atoms with E-state index in [9.17, 15) is 13.6 Å². The number of hydrogen-bond donors (Lipinski definition) is 0. The Morgan fingerprint density at radius 1 is 1.67 bits per heavy atom. The lowest BCUT2D eigenvalue weighted by molar-refractivity contribution is 0.0631. The van der Waals surface area contributed by atoms with Crippen molar-refractivity contribution >= 4 is 6.29 Å². The zero-order chi connectivity index (χ0) is 7.28. The van der Waals surface area contributed by atoms with Gasteiger partial charge in [0.2, 0.25) is 12.7 Å². The van der Waals surface area contributed by atoms with Crippen LogP contribution in [-0.4, -0.2) is 25.9 Å². The molecule has 0 aliphatic carbocycles. The Kier molecular flexibility index (Phi) is 4.13. The molecule has 0 heterocycles.